The molecule has 0 spiro atoms. The average molecular weight is 476 g/mol. The number of hydrogen-bond acceptors (Lipinski definition) is 6. The van der Waals surface area contributed by atoms with Crippen molar-refractivity contribution >= 4 is 60.5 Å². The molecule has 0 N–H and O–H groups in total. The molecule has 0 aliphatic rings. The molecule has 0 saturated heterocycles. The van der Waals surface area contributed by atoms with Crippen molar-refractivity contribution in [3.05, 3.63) is 75.8 Å². The van der Waals surface area contributed by atoms with Gasteiger partial charge in [0, 0.05) is 5.02 Å². The van der Waals surface area contributed by atoms with Gasteiger partial charge in [-0.1, -0.05) is 11.6 Å². The normalized spacial score (nSPS) is 11.3. The quantitative estimate of drug-likeness (QED) is 0.214. The SMILES string of the molecule is Clc1ccc(/C=N/c2nnc(SCc3c[se]c(-c4ccccc4)n3)s2)cc1. The molecule has 0 unspecified atom stereocenters. The van der Waals surface area contributed by atoms with Crippen LogP contribution in [0.25, 0.3) is 10.1 Å². The van der Waals surface area contributed by atoms with E-state index >= 15 is 0 Å². The predicted octanol–water partition coefficient (Wildman–Crippen LogP) is 5.35. The summed E-state index contributed by atoms with van der Waals surface area (Å²) >= 11 is 9.31. The molecule has 2 aromatic carbocycles. The Kier molecular flexibility index (Phi) is 6.17. The van der Waals surface area contributed by atoms with Gasteiger partial charge in [0.25, 0.3) is 0 Å². The van der Waals surface area contributed by atoms with Gasteiger partial charge in [-0.15, -0.1) is 0 Å². The fourth-order valence-corrected chi connectivity index (χ4v) is 5.89. The first-order chi connectivity index (χ1) is 13.3. The van der Waals surface area contributed by atoms with Crippen LogP contribution in [0, 0.1) is 0 Å². The minimum atomic E-state index is 0.298. The van der Waals surface area contributed by atoms with E-state index in [2.05, 4.69) is 32.3 Å². The van der Waals surface area contributed by atoms with Crippen LogP contribution >= 0.6 is 34.7 Å². The third-order valence-electron chi connectivity index (χ3n) is 3.51. The van der Waals surface area contributed by atoms with Gasteiger partial charge in [-0.05, 0) is 0 Å². The van der Waals surface area contributed by atoms with Gasteiger partial charge in [0.1, 0.15) is 0 Å². The van der Waals surface area contributed by atoms with E-state index in [0.29, 0.717) is 24.7 Å². The molecule has 4 aromatic rings. The minimum absolute atomic E-state index is 0.298. The van der Waals surface area contributed by atoms with E-state index in [-0.39, 0.29) is 0 Å². The third-order valence-corrected chi connectivity index (χ3v) is 7.73. The summed E-state index contributed by atoms with van der Waals surface area (Å²) in [5, 5.41) is 9.69. The van der Waals surface area contributed by atoms with Gasteiger partial charge in [-0.3, -0.25) is 0 Å². The monoisotopic (exact) mass is 476 g/mol. The Morgan fingerprint density at radius 2 is 1.89 bits per heavy atom. The molecular weight excluding hydrogens is 463 g/mol. The molecule has 134 valence electrons. The number of aromatic nitrogens is 3. The van der Waals surface area contributed by atoms with Crippen molar-refractivity contribution < 1.29 is 0 Å². The Hall–Kier alpha value is -1.76. The molecule has 0 aliphatic carbocycles. The maximum atomic E-state index is 5.88. The Balaban J connectivity index is 1.36. The molecule has 0 bridgehead atoms. The second-order valence-electron chi connectivity index (χ2n) is 5.46. The number of benzene rings is 2. The van der Waals surface area contributed by atoms with Gasteiger partial charge in [0.2, 0.25) is 0 Å². The number of nitrogens with zero attached hydrogens (tertiary/aromatic N) is 4. The summed E-state index contributed by atoms with van der Waals surface area (Å²) in [6.07, 6.45) is 1.77. The van der Waals surface area contributed by atoms with Crippen molar-refractivity contribution in [1.29, 1.82) is 0 Å². The van der Waals surface area contributed by atoms with E-state index < -0.39 is 0 Å². The fraction of sp³-hybridized carbons (Fsp3) is 0.0526. The zero-order chi connectivity index (χ0) is 18.5. The van der Waals surface area contributed by atoms with Crippen molar-refractivity contribution in [2.45, 2.75) is 10.1 Å². The number of thioether (sulfide) groups is 1. The van der Waals surface area contributed by atoms with Crippen LogP contribution in [0.3, 0.4) is 0 Å². The molecule has 2 heterocycles. The van der Waals surface area contributed by atoms with Gasteiger partial charge < -0.3 is 0 Å². The maximum absolute atomic E-state index is 5.88. The summed E-state index contributed by atoms with van der Waals surface area (Å²) < 4.78 is 2.08. The van der Waals surface area contributed by atoms with Crippen molar-refractivity contribution in [3.8, 4) is 10.1 Å². The molecule has 0 radical (unpaired) electrons. The predicted molar refractivity (Wildman–Crippen MR) is 115 cm³/mol. The van der Waals surface area contributed by atoms with Crippen LogP contribution in [0.1, 0.15) is 11.3 Å². The molecular formula is C19H13ClN4S2Se. The van der Waals surface area contributed by atoms with E-state index in [1.165, 1.54) is 21.5 Å². The molecule has 0 aliphatic heterocycles. The van der Waals surface area contributed by atoms with E-state index in [1.54, 1.807) is 18.0 Å². The van der Waals surface area contributed by atoms with Gasteiger partial charge in [0.15, 0.2) is 0 Å². The third kappa shape index (κ3) is 5.15. The Bertz CT molecular complexity index is 1050. The summed E-state index contributed by atoms with van der Waals surface area (Å²) in [6.45, 7) is 0. The summed E-state index contributed by atoms with van der Waals surface area (Å²) in [5.41, 5.74) is 3.30. The molecule has 4 nitrogen and oxygen atoms in total. The van der Waals surface area contributed by atoms with E-state index in [1.807, 2.05) is 42.5 Å². The van der Waals surface area contributed by atoms with E-state index in [4.69, 9.17) is 16.6 Å². The van der Waals surface area contributed by atoms with Crippen molar-refractivity contribution in [3.63, 3.8) is 0 Å². The van der Waals surface area contributed by atoms with Crippen molar-refractivity contribution in [2.75, 3.05) is 0 Å². The summed E-state index contributed by atoms with van der Waals surface area (Å²) in [6, 6.07) is 17.9. The zero-order valence-electron chi connectivity index (χ0n) is 13.9. The van der Waals surface area contributed by atoms with E-state index in [9.17, 15) is 0 Å². The molecule has 0 saturated carbocycles. The van der Waals surface area contributed by atoms with Crippen LogP contribution in [0.15, 0.2) is 68.9 Å². The van der Waals surface area contributed by atoms with Gasteiger partial charge in [-0.25, -0.2) is 0 Å². The van der Waals surface area contributed by atoms with Gasteiger partial charge in [0.05, 0.1) is 0 Å². The first kappa shape index (κ1) is 18.6. The van der Waals surface area contributed by atoms with E-state index in [0.717, 1.165) is 21.3 Å². The van der Waals surface area contributed by atoms with Crippen LogP contribution < -0.4 is 0 Å². The standard InChI is InChI=1S/C19H13ClN4S2Se/c20-15-8-6-13(7-9-15)10-21-18-23-24-19(26-18)25-11-16-12-27-17(22-16)14-4-2-1-3-5-14/h1-10,12H,11H2/b21-10+. The molecule has 2 aromatic heterocycles. The number of aliphatic imine (C=N–C) groups is 1. The summed E-state index contributed by atoms with van der Waals surface area (Å²) in [5.74, 6) is 0.799. The van der Waals surface area contributed by atoms with Crippen molar-refractivity contribution in [1.82, 2.24) is 15.2 Å². The topological polar surface area (TPSA) is 51.0 Å². The first-order valence-electron chi connectivity index (χ1n) is 8.02. The molecule has 27 heavy (non-hydrogen) atoms. The van der Waals surface area contributed by atoms with Crippen LogP contribution in [-0.2, 0) is 5.75 Å². The van der Waals surface area contributed by atoms with Crippen molar-refractivity contribution in [2.24, 2.45) is 4.99 Å². The van der Waals surface area contributed by atoms with Crippen LogP contribution in [0.2, 0.25) is 5.02 Å². The first-order valence-corrected chi connectivity index (χ1v) is 12.0. The number of halogens is 1. The number of rotatable bonds is 6. The second-order valence-corrected chi connectivity index (χ2v) is 9.87. The number of hydrogen-bond donors (Lipinski definition) is 0. The molecule has 0 atom stereocenters. The van der Waals surface area contributed by atoms with Crippen LogP contribution in [0.4, 0.5) is 5.13 Å². The molecule has 0 fully saturated rings. The molecule has 8 heteroatoms. The Labute approximate surface area is 176 Å². The van der Waals surface area contributed by atoms with Crippen LogP contribution in [-0.4, -0.2) is 35.9 Å². The zero-order valence-corrected chi connectivity index (χ0v) is 18.1. The summed E-state index contributed by atoms with van der Waals surface area (Å²) in [7, 11) is 0. The molecule has 4 rings (SSSR count). The van der Waals surface area contributed by atoms with Gasteiger partial charge >= 0.3 is 160 Å². The molecule has 0 amide bonds. The van der Waals surface area contributed by atoms with Gasteiger partial charge in [-0.2, -0.15) is 0 Å². The fourth-order valence-electron chi connectivity index (χ4n) is 2.21. The average Bonchev–Trinajstić information content (AvgIpc) is 3.36. The Morgan fingerprint density at radius 1 is 1.07 bits per heavy atom. The van der Waals surface area contributed by atoms with Crippen LogP contribution in [0.5, 0.6) is 0 Å². The second kappa shape index (κ2) is 8.95. The summed E-state index contributed by atoms with van der Waals surface area (Å²) in [4.78, 5) is 11.4. The Morgan fingerprint density at radius 3 is 2.70 bits per heavy atom.